The number of aromatic carboxylic acids is 1. The molecule has 10 heteroatoms. The number of pyridine rings is 1. The number of hydrogen-bond acceptors (Lipinski definition) is 6. The number of aromatic nitrogens is 2. The lowest BCUT2D eigenvalue weighted by molar-refractivity contribution is -0.385. The molecule has 2 heterocycles. The molecule has 2 aromatic heterocycles. The van der Waals surface area contributed by atoms with E-state index >= 15 is 0 Å². The summed E-state index contributed by atoms with van der Waals surface area (Å²) in [6, 6.07) is 10.8. The second-order valence-corrected chi connectivity index (χ2v) is 6.38. The van der Waals surface area contributed by atoms with Crippen LogP contribution in [0.4, 0.5) is 5.69 Å². The Labute approximate surface area is 170 Å². The van der Waals surface area contributed by atoms with Gasteiger partial charge >= 0.3 is 5.97 Å². The lowest BCUT2D eigenvalue weighted by atomic mass is 10.2. The summed E-state index contributed by atoms with van der Waals surface area (Å²) in [7, 11) is 0. The first-order chi connectivity index (χ1) is 14.3. The highest BCUT2D eigenvalue weighted by Crippen LogP contribution is 2.20. The summed E-state index contributed by atoms with van der Waals surface area (Å²) in [6.45, 7) is 3.72. The molecular formula is C20H17N5O5. The maximum absolute atomic E-state index is 12.1. The Morgan fingerprint density at radius 2 is 2.00 bits per heavy atom. The van der Waals surface area contributed by atoms with Crippen LogP contribution in [-0.2, 0) is 0 Å². The molecule has 1 amide bonds. The van der Waals surface area contributed by atoms with Gasteiger partial charge in [-0.3, -0.25) is 14.9 Å². The van der Waals surface area contributed by atoms with Crippen molar-refractivity contribution in [3.63, 3.8) is 0 Å². The molecule has 0 spiro atoms. The predicted molar refractivity (Wildman–Crippen MR) is 108 cm³/mol. The van der Waals surface area contributed by atoms with Gasteiger partial charge in [-0.05, 0) is 44.2 Å². The fourth-order valence-electron chi connectivity index (χ4n) is 2.94. The topological polar surface area (TPSA) is 140 Å². The molecule has 0 saturated carbocycles. The van der Waals surface area contributed by atoms with E-state index < -0.39 is 16.8 Å². The number of carbonyl (C=O) groups is 2. The number of nitro groups is 1. The minimum atomic E-state index is -1.01. The van der Waals surface area contributed by atoms with Crippen molar-refractivity contribution < 1.29 is 19.6 Å². The minimum Gasteiger partial charge on any atom is -0.478 e. The summed E-state index contributed by atoms with van der Waals surface area (Å²) in [5.74, 6) is -1.62. The highest BCUT2D eigenvalue weighted by molar-refractivity contribution is 5.93. The van der Waals surface area contributed by atoms with Gasteiger partial charge in [0.25, 0.3) is 11.6 Å². The van der Waals surface area contributed by atoms with E-state index in [1.807, 2.05) is 24.5 Å². The normalized spacial score (nSPS) is 10.9. The molecule has 0 fully saturated rings. The number of hydrogen-bond donors (Lipinski definition) is 2. The van der Waals surface area contributed by atoms with Gasteiger partial charge in [0.05, 0.1) is 16.7 Å². The van der Waals surface area contributed by atoms with Crippen molar-refractivity contribution in [2.45, 2.75) is 13.8 Å². The van der Waals surface area contributed by atoms with Crippen LogP contribution >= 0.6 is 0 Å². The number of benzene rings is 1. The Kier molecular flexibility index (Phi) is 5.68. The van der Waals surface area contributed by atoms with Crippen molar-refractivity contribution >= 4 is 23.8 Å². The quantitative estimate of drug-likeness (QED) is 0.366. The van der Waals surface area contributed by atoms with Crippen molar-refractivity contribution in [1.82, 2.24) is 15.0 Å². The van der Waals surface area contributed by atoms with Crippen molar-refractivity contribution in [1.29, 1.82) is 0 Å². The molecule has 0 aliphatic carbocycles. The molecule has 30 heavy (non-hydrogen) atoms. The van der Waals surface area contributed by atoms with E-state index in [0.29, 0.717) is 5.69 Å². The second kappa shape index (κ2) is 8.35. The SMILES string of the molecule is Cc1cc(/C=N\NC(=O)c2ccc([N+](=O)[O-])cn2)c(C)n1-c1cccc(C(=O)O)c1. The number of rotatable bonds is 6. The number of nitrogens with zero attached hydrogens (tertiary/aromatic N) is 4. The van der Waals surface area contributed by atoms with Gasteiger partial charge in [0.1, 0.15) is 11.9 Å². The summed E-state index contributed by atoms with van der Waals surface area (Å²) >= 11 is 0. The monoisotopic (exact) mass is 407 g/mol. The third-order valence-electron chi connectivity index (χ3n) is 4.38. The molecule has 2 N–H and O–H groups in total. The van der Waals surface area contributed by atoms with Crippen LogP contribution in [0.15, 0.2) is 53.8 Å². The van der Waals surface area contributed by atoms with Crippen LogP contribution in [0.2, 0.25) is 0 Å². The van der Waals surface area contributed by atoms with Gasteiger partial charge in [0, 0.05) is 28.7 Å². The van der Waals surface area contributed by atoms with Crippen molar-refractivity contribution in [3.05, 3.63) is 87.0 Å². The molecule has 0 aliphatic rings. The largest absolute Gasteiger partial charge is 0.478 e. The first-order valence-electron chi connectivity index (χ1n) is 8.74. The number of hydrazone groups is 1. The molecule has 1 aromatic carbocycles. The Morgan fingerprint density at radius 3 is 2.63 bits per heavy atom. The van der Waals surface area contributed by atoms with Gasteiger partial charge in [0.2, 0.25) is 0 Å². The van der Waals surface area contributed by atoms with E-state index in [-0.39, 0.29) is 16.9 Å². The van der Waals surface area contributed by atoms with Gasteiger partial charge in [-0.1, -0.05) is 6.07 Å². The molecule has 0 unspecified atom stereocenters. The van der Waals surface area contributed by atoms with Crippen molar-refractivity contribution in [2.24, 2.45) is 5.10 Å². The highest BCUT2D eigenvalue weighted by Gasteiger charge is 2.13. The average molecular weight is 407 g/mol. The smallest absolute Gasteiger partial charge is 0.335 e. The Morgan fingerprint density at radius 1 is 1.23 bits per heavy atom. The highest BCUT2D eigenvalue weighted by atomic mass is 16.6. The summed E-state index contributed by atoms with van der Waals surface area (Å²) in [5, 5.41) is 23.8. The van der Waals surface area contributed by atoms with Gasteiger partial charge < -0.3 is 9.67 Å². The van der Waals surface area contributed by atoms with Crippen LogP contribution in [0.25, 0.3) is 5.69 Å². The number of amides is 1. The van der Waals surface area contributed by atoms with E-state index in [2.05, 4.69) is 15.5 Å². The zero-order valence-electron chi connectivity index (χ0n) is 16.1. The van der Waals surface area contributed by atoms with Crippen LogP contribution in [-0.4, -0.2) is 37.7 Å². The lowest BCUT2D eigenvalue weighted by Gasteiger charge is -2.10. The summed E-state index contributed by atoms with van der Waals surface area (Å²) in [4.78, 5) is 37.1. The number of carboxylic acids is 1. The van der Waals surface area contributed by atoms with E-state index in [1.165, 1.54) is 24.4 Å². The molecule has 0 atom stereocenters. The van der Waals surface area contributed by atoms with E-state index in [9.17, 15) is 24.8 Å². The number of aryl methyl sites for hydroxylation is 1. The van der Waals surface area contributed by atoms with Crippen LogP contribution in [0.1, 0.15) is 37.8 Å². The second-order valence-electron chi connectivity index (χ2n) is 6.38. The van der Waals surface area contributed by atoms with Crippen molar-refractivity contribution in [2.75, 3.05) is 0 Å². The minimum absolute atomic E-state index is 0.00583. The molecule has 152 valence electrons. The molecule has 10 nitrogen and oxygen atoms in total. The van der Waals surface area contributed by atoms with E-state index in [4.69, 9.17) is 0 Å². The third-order valence-corrected chi connectivity index (χ3v) is 4.38. The fraction of sp³-hybridized carbons (Fsp3) is 0.100. The molecule has 0 radical (unpaired) electrons. The third kappa shape index (κ3) is 4.22. The van der Waals surface area contributed by atoms with Crippen molar-refractivity contribution in [3.8, 4) is 5.69 Å². The van der Waals surface area contributed by atoms with Crippen LogP contribution < -0.4 is 5.43 Å². The van der Waals surface area contributed by atoms with Gasteiger partial charge in [-0.25, -0.2) is 15.2 Å². The molecule has 0 bridgehead atoms. The van der Waals surface area contributed by atoms with Crippen LogP contribution in [0.3, 0.4) is 0 Å². The lowest BCUT2D eigenvalue weighted by Crippen LogP contribution is -2.19. The first kappa shape index (κ1) is 20.4. The summed E-state index contributed by atoms with van der Waals surface area (Å²) in [5.41, 5.74) is 5.38. The van der Waals surface area contributed by atoms with Crippen LogP contribution in [0.5, 0.6) is 0 Å². The number of carboxylic acid groups (broad SMARTS) is 1. The number of carbonyl (C=O) groups excluding carboxylic acids is 1. The number of nitrogens with one attached hydrogen (secondary N) is 1. The maximum atomic E-state index is 12.1. The summed E-state index contributed by atoms with van der Waals surface area (Å²) in [6.07, 6.45) is 2.46. The fourth-order valence-corrected chi connectivity index (χ4v) is 2.94. The van der Waals surface area contributed by atoms with E-state index in [1.54, 1.807) is 18.2 Å². The zero-order chi connectivity index (χ0) is 21.8. The summed E-state index contributed by atoms with van der Waals surface area (Å²) < 4.78 is 1.88. The standard InChI is InChI=1S/C20H17N5O5/c1-12-8-15(13(2)24(12)16-5-3-4-14(9-16)20(27)28)10-22-23-19(26)18-7-6-17(11-21-18)25(29)30/h3-11H,1-2H3,(H,23,26)(H,27,28)/b22-10-. The van der Waals surface area contributed by atoms with Gasteiger partial charge in [-0.2, -0.15) is 5.10 Å². The molecular weight excluding hydrogens is 390 g/mol. The van der Waals surface area contributed by atoms with Gasteiger partial charge in [-0.15, -0.1) is 0 Å². The molecule has 0 saturated heterocycles. The first-order valence-corrected chi connectivity index (χ1v) is 8.74. The van der Waals surface area contributed by atoms with Gasteiger partial charge in [0.15, 0.2) is 0 Å². The average Bonchev–Trinajstić information content (AvgIpc) is 3.01. The zero-order valence-corrected chi connectivity index (χ0v) is 16.1. The molecule has 3 aromatic rings. The van der Waals surface area contributed by atoms with E-state index in [0.717, 1.165) is 23.1 Å². The maximum Gasteiger partial charge on any atom is 0.335 e. The molecule has 0 aliphatic heterocycles. The Bertz CT molecular complexity index is 1160. The molecule has 3 rings (SSSR count). The Balaban J connectivity index is 1.77. The van der Waals surface area contributed by atoms with Crippen LogP contribution in [0, 0.1) is 24.0 Å². The predicted octanol–water partition coefficient (Wildman–Crippen LogP) is 2.86. The Hall–Kier alpha value is -4.34.